The number of fused-ring (bicyclic) bond motifs is 1. The number of halogens is 1. The van der Waals surface area contributed by atoms with Gasteiger partial charge in [-0.05, 0) is 46.2 Å². The second kappa shape index (κ2) is 9.46. The highest BCUT2D eigenvalue weighted by molar-refractivity contribution is 9.10. The third kappa shape index (κ3) is 4.69. The van der Waals surface area contributed by atoms with E-state index in [1.54, 1.807) is 18.2 Å². The Kier molecular flexibility index (Phi) is 6.29. The van der Waals surface area contributed by atoms with Crippen LogP contribution in [0.1, 0.15) is 16.7 Å². The maximum absolute atomic E-state index is 11.1. The molecule has 0 spiro atoms. The lowest BCUT2D eigenvalue weighted by molar-refractivity contribution is -0.384. The average molecular weight is 485 g/mol. The molecule has 32 heavy (non-hydrogen) atoms. The van der Waals surface area contributed by atoms with E-state index in [1.165, 1.54) is 12.1 Å². The standard InChI is InChI=1S/C26H17BrN2O3/c27-23-11-12-26(32-17-20-8-3-6-18-5-1-2-10-25(18)20)21(14-23)13-22(16-28)19-7-4-9-24(15-19)29(30)31/h1-15H,17H2. The van der Waals surface area contributed by atoms with Crippen molar-refractivity contribution in [2.45, 2.75) is 6.61 Å². The molecule has 6 heteroatoms. The van der Waals surface area contributed by atoms with E-state index in [4.69, 9.17) is 4.74 Å². The lowest BCUT2D eigenvalue weighted by Crippen LogP contribution is -1.98. The molecule has 0 amide bonds. The van der Waals surface area contributed by atoms with Gasteiger partial charge in [-0.25, -0.2) is 0 Å². The van der Waals surface area contributed by atoms with Crippen LogP contribution in [0.2, 0.25) is 0 Å². The summed E-state index contributed by atoms with van der Waals surface area (Å²) >= 11 is 3.47. The van der Waals surface area contributed by atoms with Crippen molar-refractivity contribution in [3.05, 3.63) is 116 Å². The van der Waals surface area contributed by atoms with Crippen molar-refractivity contribution >= 4 is 44.0 Å². The molecule has 0 aliphatic rings. The molecule has 4 aromatic rings. The number of benzene rings is 4. The van der Waals surface area contributed by atoms with Gasteiger partial charge in [0.25, 0.3) is 5.69 Å². The molecule has 0 unspecified atom stereocenters. The Labute approximate surface area is 193 Å². The Morgan fingerprint density at radius 2 is 1.81 bits per heavy atom. The van der Waals surface area contributed by atoms with E-state index in [0.717, 1.165) is 20.8 Å². The van der Waals surface area contributed by atoms with Gasteiger partial charge in [-0.2, -0.15) is 5.26 Å². The molecule has 0 heterocycles. The minimum Gasteiger partial charge on any atom is -0.488 e. The molecule has 0 aromatic heterocycles. The van der Waals surface area contributed by atoms with Gasteiger partial charge < -0.3 is 4.74 Å². The zero-order valence-electron chi connectivity index (χ0n) is 16.9. The largest absolute Gasteiger partial charge is 0.488 e. The van der Waals surface area contributed by atoms with Crippen LogP contribution in [0.3, 0.4) is 0 Å². The second-order valence-corrected chi connectivity index (χ2v) is 8.00. The molecule has 4 aromatic carbocycles. The van der Waals surface area contributed by atoms with Crippen molar-refractivity contribution in [2.24, 2.45) is 0 Å². The average Bonchev–Trinajstić information content (AvgIpc) is 2.82. The van der Waals surface area contributed by atoms with Crippen LogP contribution in [0.25, 0.3) is 22.4 Å². The second-order valence-electron chi connectivity index (χ2n) is 7.09. The first kappa shape index (κ1) is 21.3. The summed E-state index contributed by atoms with van der Waals surface area (Å²) in [5, 5.41) is 23.1. The molecule has 4 rings (SSSR count). The predicted octanol–water partition coefficient (Wildman–Crippen LogP) is 7.15. The Bertz CT molecular complexity index is 1380. The summed E-state index contributed by atoms with van der Waals surface area (Å²) in [5.74, 6) is 0.610. The van der Waals surface area contributed by atoms with Crippen molar-refractivity contribution in [1.29, 1.82) is 5.26 Å². The van der Waals surface area contributed by atoms with Crippen LogP contribution in [0, 0.1) is 21.4 Å². The third-order valence-electron chi connectivity index (χ3n) is 5.02. The minimum absolute atomic E-state index is 0.0645. The van der Waals surface area contributed by atoms with Gasteiger partial charge in [-0.3, -0.25) is 10.1 Å². The Hall–Kier alpha value is -3.95. The molecule has 5 nitrogen and oxygen atoms in total. The van der Waals surface area contributed by atoms with E-state index in [1.807, 2.05) is 42.5 Å². The van der Waals surface area contributed by atoms with E-state index in [-0.39, 0.29) is 5.69 Å². The van der Waals surface area contributed by atoms with Gasteiger partial charge in [0, 0.05) is 22.2 Å². The Morgan fingerprint density at radius 3 is 2.62 bits per heavy atom. The molecule has 0 atom stereocenters. The zero-order valence-corrected chi connectivity index (χ0v) is 18.5. The highest BCUT2D eigenvalue weighted by atomic mass is 79.9. The number of allylic oxidation sites excluding steroid dienone is 1. The number of rotatable bonds is 6. The van der Waals surface area contributed by atoms with Crippen LogP contribution in [-0.4, -0.2) is 4.92 Å². The van der Waals surface area contributed by atoms with Gasteiger partial charge in [0.15, 0.2) is 0 Å². The van der Waals surface area contributed by atoms with Gasteiger partial charge in [0.2, 0.25) is 0 Å². The van der Waals surface area contributed by atoms with E-state index < -0.39 is 4.92 Å². The van der Waals surface area contributed by atoms with Gasteiger partial charge >= 0.3 is 0 Å². The Morgan fingerprint density at radius 1 is 1.03 bits per heavy atom. The third-order valence-corrected chi connectivity index (χ3v) is 5.52. The van der Waals surface area contributed by atoms with Gasteiger partial charge in [-0.1, -0.05) is 70.5 Å². The summed E-state index contributed by atoms with van der Waals surface area (Å²) in [5.41, 5.74) is 2.47. The van der Waals surface area contributed by atoms with Crippen molar-refractivity contribution in [3.63, 3.8) is 0 Å². The van der Waals surface area contributed by atoms with Crippen LogP contribution in [0.5, 0.6) is 5.75 Å². The molecular weight excluding hydrogens is 468 g/mol. The van der Waals surface area contributed by atoms with Gasteiger partial charge in [-0.15, -0.1) is 0 Å². The van der Waals surface area contributed by atoms with Crippen LogP contribution in [-0.2, 0) is 6.61 Å². The van der Waals surface area contributed by atoms with E-state index in [0.29, 0.717) is 29.1 Å². The number of hydrogen-bond donors (Lipinski definition) is 0. The van der Waals surface area contributed by atoms with Crippen LogP contribution < -0.4 is 4.74 Å². The van der Waals surface area contributed by atoms with E-state index in [9.17, 15) is 15.4 Å². The molecule has 0 fully saturated rings. The first-order chi connectivity index (χ1) is 15.5. The quantitative estimate of drug-likeness (QED) is 0.126. The molecule has 156 valence electrons. The van der Waals surface area contributed by atoms with Crippen LogP contribution in [0.4, 0.5) is 5.69 Å². The van der Waals surface area contributed by atoms with Crippen LogP contribution in [0.15, 0.2) is 89.4 Å². The number of hydrogen-bond acceptors (Lipinski definition) is 4. The summed E-state index contributed by atoms with van der Waals surface area (Å²) in [7, 11) is 0. The lowest BCUT2D eigenvalue weighted by atomic mass is 10.0. The van der Waals surface area contributed by atoms with E-state index in [2.05, 4.69) is 40.2 Å². The highest BCUT2D eigenvalue weighted by Gasteiger charge is 2.11. The summed E-state index contributed by atoms with van der Waals surface area (Å²) in [4.78, 5) is 10.6. The molecule has 0 saturated carbocycles. The fourth-order valence-electron chi connectivity index (χ4n) is 3.46. The number of nitro benzene ring substituents is 1. The van der Waals surface area contributed by atoms with Crippen molar-refractivity contribution in [2.75, 3.05) is 0 Å². The molecular formula is C26H17BrN2O3. The number of non-ortho nitro benzene ring substituents is 1. The first-order valence-corrected chi connectivity index (χ1v) is 10.6. The smallest absolute Gasteiger partial charge is 0.270 e. The van der Waals surface area contributed by atoms with E-state index >= 15 is 0 Å². The summed E-state index contributed by atoms with van der Waals surface area (Å²) < 4.78 is 6.98. The summed E-state index contributed by atoms with van der Waals surface area (Å²) in [6.07, 6.45) is 1.68. The molecule has 0 bridgehead atoms. The number of nitrogens with zero attached hydrogens (tertiary/aromatic N) is 2. The maximum atomic E-state index is 11.1. The first-order valence-electron chi connectivity index (χ1n) is 9.81. The fourth-order valence-corrected chi connectivity index (χ4v) is 3.84. The molecule has 0 aliphatic heterocycles. The number of nitriles is 1. The predicted molar refractivity (Wildman–Crippen MR) is 129 cm³/mol. The number of nitro groups is 1. The summed E-state index contributed by atoms with van der Waals surface area (Å²) in [6.45, 7) is 0.364. The zero-order chi connectivity index (χ0) is 22.5. The van der Waals surface area contributed by atoms with Crippen molar-refractivity contribution in [3.8, 4) is 11.8 Å². The van der Waals surface area contributed by atoms with Crippen molar-refractivity contribution in [1.82, 2.24) is 0 Å². The minimum atomic E-state index is -0.476. The SMILES string of the molecule is N#CC(=Cc1cc(Br)ccc1OCc1cccc2ccccc12)c1cccc([N+](=O)[O-])c1. The summed E-state index contributed by atoms with van der Waals surface area (Å²) in [6, 6.07) is 28.0. The molecule has 0 N–H and O–H groups in total. The maximum Gasteiger partial charge on any atom is 0.270 e. The molecule has 0 saturated heterocycles. The molecule has 0 aliphatic carbocycles. The normalized spacial score (nSPS) is 11.2. The Balaban J connectivity index is 1.68. The number of ether oxygens (including phenoxy) is 1. The van der Waals surface area contributed by atoms with Gasteiger partial charge in [0.1, 0.15) is 12.4 Å². The van der Waals surface area contributed by atoms with Crippen molar-refractivity contribution < 1.29 is 9.66 Å². The lowest BCUT2D eigenvalue weighted by Gasteiger charge is -2.12. The fraction of sp³-hybridized carbons (Fsp3) is 0.0385. The topological polar surface area (TPSA) is 76.2 Å². The highest BCUT2D eigenvalue weighted by Crippen LogP contribution is 2.30. The monoisotopic (exact) mass is 484 g/mol. The van der Waals surface area contributed by atoms with Crippen LogP contribution >= 0.6 is 15.9 Å². The molecule has 0 radical (unpaired) electrons. The van der Waals surface area contributed by atoms with Gasteiger partial charge in [0.05, 0.1) is 16.6 Å².